The first-order valence-electron chi connectivity index (χ1n) is 9.05. The zero-order valence-corrected chi connectivity index (χ0v) is 14.9. The van der Waals surface area contributed by atoms with Crippen LogP contribution in [-0.2, 0) is 13.0 Å². The third-order valence-corrected chi connectivity index (χ3v) is 4.80. The molecule has 1 aromatic heterocycles. The van der Waals surface area contributed by atoms with Gasteiger partial charge in [-0.05, 0) is 42.7 Å². The standard InChI is InChI=1S/C22H20FN3O/c23-19-9-3-1-7-17(19)14-25-22(27)20-12-11-18(15-24-20)26-13-5-8-16-6-2-4-10-21(16)26/h1-4,6-7,9-12,15H,5,8,13-14H2,(H,25,27). The number of anilines is 2. The maximum Gasteiger partial charge on any atom is 0.270 e. The Hall–Kier alpha value is -3.21. The summed E-state index contributed by atoms with van der Waals surface area (Å²) in [4.78, 5) is 18.8. The maximum absolute atomic E-state index is 13.7. The molecule has 0 spiro atoms. The van der Waals surface area contributed by atoms with Crippen molar-refractivity contribution in [1.82, 2.24) is 10.3 Å². The van der Waals surface area contributed by atoms with Gasteiger partial charge in [-0.1, -0.05) is 36.4 Å². The van der Waals surface area contributed by atoms with E-state index < -0.39 is 0 Å². The number of halogens is 1. The lowest BCUT2D eigenvalue weighted by Gasteiger charge is -2.31. The summed E-state index contributed by atoms with van der Waals surface area (Å²) in [6.07, 6.45) is 3.89. The molecule has 0 aliphatic carbocycles. The predicted octanol–water partition coefficient (Wildman–Crippen LogP) is 4.24. The Morgan fingerprint density at radius 2 is 1.89 bits per heavy atom. The van der Waals surface area contributed by atoms with Crippen molar-refractivity contribution in [1.29, 1.82) is 0 Å². The molecule has 0 fully saturated rings. The first-order chi connectivity index (χ1) is 13.2. The van der Waals surface area contributed by atoms with Gasteiger partial charge < -0.3 is 10.2 Å². The number of carbonyl (C=O) groups excluding carboxylic acids is 1. The van der Waals surface area contributed by atoms with Gasteiger partial charge >= 0.3 is 0 Å². The second-order valence-electron chi connectivity index (χ2n) is 6.56. The second-order valence-corrected chi connectivity index (χ2v) is 6.56. The quantitative estimate of drug-likeness (QED) is 0.756. The normalized spacial score (nSPS) is 13.1. The van der Waals surface area contributed by atoms with Gasteiger partial charge in [0.1, 0.15) is 11.5 Å². The third kappa shape index (κ3) is 3.67. The van der Waals surface area contributed by atoms with Gasteiger partial charge in [0.05, 0.1) is 11.9 Å². The molecule has 5 heteroatoms. The Bertz CT molecular complexity index is 956. The Balaban J connectivity index is 1.46. The fraction of sp³-hybridized carbons (Fsp3) is 0.182. The SMILES string of the molecule is O=C(NCc1ccccc1F)c1ccc(N2CCCc3ccccc32)cn1. The number of nitrogens with zero attached hydrogens (tertiary/aromatic N) is 2. The average molecular weight is 361 g/mol. The minimum absolute atomic E-state index is 0.133. The number of para-hydroxylation sites is 1. The van der Waals surface area contributed by atoms with Crippen LogP contribution in [0, 0.1) is 5.82 Å². The molecule has 27 heavy (non-hydrogen) atoms. The van der Waals surface area contributed by atoms with Crippen LogP contribution in [-0.4, -0.2) is 17.4 Å². The average Bonchev–Trinajstić information content (AvgIpc) is 2.73. The number of aryl methyl sites for hydroxylation is 1. The minimum Gasteiger partial charge on any atom is -0.347 e. The minimum atomic E-state index is -0.329. The van der Waals surface area contributed by atoms with E-state index in [1.807, 2.05) is 12.1 Å². The molecule has 3 aromatic rings. The molecule has 0 bridgehead atoms. The lowest BCUT2D eigenvalue weighted by Crippen LogP contribution is -2.26. The van der Waals surface area contributed by atoms with Crippen LogP contribution in [0.2, 0.25) is 0 Å². The number of hydrogen-bond donors (Lipinski definition) is 1. The molecule has 2 aromatic carbocycles. The van der Waals surface area contributed by atoms with Gasteiger partial charge in [-0.25, -0.2) is 9.37 Å². The van der Waals surface area contributed by atoms with Gasteiger partial charge in [-0.3, -0.25) is 4.79 Å². The van der Waals surface area contributed by atoms with Crippen molar-refractivity contribution in [2.24, 2.45) is 0 Å². The molecule has 0 atom stereocenters. The summed E-state index contributed by atoms with van der Waals surface area (Å²) in [7, 11) is 0. The summed E-state index contributed by atoms with van der Waals surface area (Å²) in [5.41, 5.74) is 4.26. The van der Waals surface area contributed by atoms with Crippen LogP contribution in [0.5, 0.6) is 0 Å². The van der Waals surface area contributed by atoms with Crippen molar-refractivity contribution >= 4 is 17.3 Å². The number of benzene rings is 2. The molecule has 4 rings (SSSR count). The van der Waals surface area contributed by atoms with Crippen LogP contribution < -0.4 is 10.2 Å². The summed E-state index contributed by atoms with van der Waals surface area (Å²) in [5.74, 6) is -0.645. The van der Waals surface area contributed by atoms with Gasteiger partial charge in [-0.2, -0.15) is 0 Å². The Labute approximate surface area is 157 Å². The van der Waals surface area contributed by atoms with Gasteiger partial charge in [0.25, 0.3) is 5.91 Å². The van der Waals surface area contributed by atoms with E-state index in [4.69, 9.17) is 0 Å². The molecule has 0 saturated heterocycles. The zero-order chi connectivity index (χ0) is 18.6. The molecule has 1 aliphatic rings. The first-order valence-corrected chi connectivity index (χ1v) is 9.05. The number of aromatic nitrogens is 1. The topological polar surface area (TPSA) is 45.2 Å². The van der Waals surface area contributed by atoms with Crippen LogP contribution in [0.15, 0.2) is 66.9 Å². The van der Waals surface area contributed by atoms with Gasteiger partial charge in [0.2, 0.25) is 0 Å². The summed E-state index contributed by atoms with van der Waals surface area (Å²) in [6.45, 7) is 1.06. The molecular formula is C22H20FN3O. The molecule has 0 saturated carbocycles. The molecule has 1 aliphatic heterocycles. The summed E-state index contributed by atoms with van der Waals surface area (Å²) < 4.78 is 13.7. The molecular weight excluding hydrogens is 341 g/mol. The molecule has 4 nitrogen and oxygen atoms in total. The molecule has 1 N–H and O–H groups in total. The van der Waals surface area contributed by atoms with E-state index in [1.54, 1.807) is 30.5 Å². The Morgan fingerprint density at radius 3 is 2.70 bits per heavy atom. The summed E-state index contributed by atoms with van der Waals surface area (Å²) in [5, 5.41) is 2.72. The fourth-order valence-corrected chi connectivity index (χ4v) is 3.39. The van der Waals surface area contributed by atoms with Crippen molar-refractivity contribution in [2.45, 2.75) is 19.4 Å². The highest BCUT2D eigenvalue weighted by Gasteiger charge is 2.18. The van der Waals surface area contributed by atoms with Crippen LogP contribution in [0.4, 0.5) is 15.8 Å². The van der Waals surface area contributed by atoms with Crippen LogP contribution >= 0.6 is 0 Å². The predicted molar refractivity (Wildman–Crippen MR) is 104 cm³/mol. The van der Waals surface area contributed by atoms with Crippen molar-refractivity contribution < 1.29 is 9.18 Å². The highest BCUT2D eigenvalue weighted by molar-refractivity contribution is 5.92. The number of nitrogens with one attached hydrogen (secondary N) is 1. The Kier molecular flexibility index (Phi) is 4.83. The number of carbonyl (C=O) groups is 1. The van der Waals surface area contributed by atoms with Crippen LogP contribution in [0.3, 0.4) is 0 Å². The zero-order valence-electron chi connectivity index (χ0n) is 14.9. The lowest BCUT2D eigenvalue weighted by atomic mass is 10.0. The number of hydrogen-bond acceptors (Lipinski definition) is 3. The first kappa shape index (κ1) is 17.2. The smallest absolute Gasteiger partial charge is 0.270 e. The number of amides is 1. The van der Waals surface area contributed by atoms with E-state index >= 15 is 0 Å². The van der Waals surface area contributed by atoms with Crippen LogP contribution in [0.25, 0.3) is 0 Å². The van der Waals surface area contributed by atoms with E-state index in [0.29, 0.717) is 11.3 Å². The van der Waals surface area contributed by atoms with Gasteiger partial charge in [0, 0.05) is 24.3 Å². The van der Waals surface area contributed by atoms with Crippen molar-refractivity contribution in [3.8, 4) is 0 Å². The second kappa shape index (κ2) is 7.58. The molecule has 1 amide bonds. The summed E-state index contributed by atoms with van der Waals surface area (Å²) in [6, 6.07) is 18.4. The van der Waals surface area contributed by atoms with E-state index in [1.165, 1.54) is 17.3 Å². The highest BCUT2D eigenvalue weighted by atomic mass is 19.1. The lowest BCUT2D eigenvalue weighted by molar-refractivity contribution is 0.0945. The number of pyridine rings is 1. The van der Waals surface area contributed by atoms with E-state index in [0.717, 1.165) is 25.1 Å². The fourth-order valence-electron chi connectivity index (χ4n) is 3.39. The Morgan fingerprint density at radius 1 is 1.07 bits per heavy atom. The van der Waals surface area contributed by atoms with Crippen molar-refractivity contribution in [3.63, 3.8) is 0 Å². The van der Waals surface area contributed by atoms with Crippen LogP contribution in [0.1, 0.15) is 28.0 Å². The van der Waals surface area contributed by atoms with Crippen molar-refractivity contribution in [3.05, 3.63) is 89.5 Å². The monoisotopic (exact) mass is 361 g/mol. The van der Waals surface area contributed by atoms with E-state index in [-0.39, 0.29) is 18.3 Å². The maximum atomic E-state index is 13.7. The van der Waals surface area contributed by atoms with Gasteiger partial charge in [0.15, 0.2) is 0 Å². The molecule has 2 heterocycles. The molecule has 0 radical (unpaired) electrons. The van der Waals surface area contributed by atoms with E-state index in [2.05, 4.69) is 33.4 Å². The van der Waals surface area contributed by atoms with E-state index in [9.17, 15) is 9.18 Å². The van der Waals surface area contributed by atoms with Gasteiger partial charge in [-0.15, -0.1) is 0 Å². The third-order valence-electron chi connectivity index (χ3n) is 4.80. The number of fused-ring (bicyclic) bond motifs is 1. The summed E-state index contributed by atoms with van der Waals surface area (Å²) >= 11 is 0. The molecule has 136 valence electrons. The highest BCUT2D eigenvalue weighted by Crippen LogP contribution is 2.32. The molecule has 0 unspecified atom stereocenters. The largest absolute Gasteiger partial charge is 0.347 e. The van der Waals surface area contributed by atoms with Crippen molar-refractivity contribution in [2.75, 3.05) is 11.4 Å². The number of rotatable bonds is 4.